The molecule has 0 atom stereocenters. The second-order valence-corrected chi connectivity index (χ2v) is 3.05. The van der Waals surface area contributed by atoms with Crippen molar-refractivity contribution in [2.75, 3.05) is 7.11 Å². The molecule has 1 aromatic rings. The molecule has 0 N–H and O–H groups in total. The Balaban J connectivity index is 3.21. The summed E-state index contributed by atoms with van der Waals surface area (Å²) < 4.78 is 5.50. The first-order valence-corrected chi connectivity index (χ1v) is 3.99. The van der Waals surface area contributed by atoms with Crippen LogP contribution in [0.15, 0.2) is 22.7 Å². The Bertz CT molecular complexity index is 309. The van der Waals surface area contributed by atoms with Crippen molar-refractivity contribution < 1.29 is 14.6 Å². The number of carboxylic acid groups (broad SMARTS) is 1. The lowest BCUT2D eigenvalue weighted by atomic mass is 10.2. The zero-order valence-corrected chi connectivity index (χ0v) is 7.92. The summed E-state index contributed by atoms with van der Waals surface area (Å²) in [6.45, 7) is 0. The number of rotatable bonds is 2. The third-order valence-corrected chi connectivity index (χ3v) is 1.87. The van der Waals surface area contributed by atoms with E-state index < -0.39 is 5.97 Å². The Morgan fingerprint density at radius 3 is 2.75 bits per heavy atom. The van der Waals surface area contributed by atoms with E-state index in [1.807, 2.05) is 0 Å². The lowest BCUT2D eigenvalue weighted by Crippen LogP contribution is -2.22. The van der Waals surface area contributed by atoms with Gasteiger partial charge in [-0.1, -0.05) is 15.9 Å². The van der Waals surface area contributed by atoms with E-state index in [0.717, 1.165) is 0 Å². The van der Waals surface area contributed by atoms with E-state index in [1.165, 1.54) is 13.2 Å². The van der Waals surface area contributed by atoms with Crippen molar-refractivity contribution in [3.8, 4) is 5.75 Å². The normalized spacial score (nSPS) is 9.50. The number of hydrogen-bond donors (Lipinski definition) is 0. The number of carboxylic acids is 1. The molecule has 3 nitrogen and oxygen atoms in total. The van der Waals surface area contributed by atoms with Gasteiger partial charge in [0, 0.05) is 10.0 Å². The van der Waals surface area contributed by atoms with Crippen LogP contribution >= 0.6 is 15.9 Å². The minimum absolute atomic E-state index is 0.0480. The Kier molecular flexibility index (Phi) is 2.70. The van der Waals surface area contributed by atoms with Gasteiger partial charge in [0.15, 0.2) is 0 Å². The number of carbonyl (C=O) groups is 1. The molecule has 12 heavy (non-hydrogen) atoms. The second kappa shape index (κ2) is 3.58. The summed E-state index contributed by atoms with van der Waals surface area (Å²) in [5.74, 6) is -0.939. The van der Waals surface area contributed by atoms with Gasteiger partial charge in [-0.05, 0) is 18.2 Å². The van der Waals surface area contributed by atoms with Gasteiger partial charge >= 0.3 is 0 Å². The average Bonchev–Trinajstić information content (AvgIpc) is 2.04. The van der Waals surface area contributed by atoms with Gasteiger partial charge in [-0.2, -0.15) is 0 Å². The number of ether oxygens (including phenoxy) is 1. The minimum atomic E-state index is -1.24. The summed E-state index contributed by atoms with van der Waals surface area (Å²) in [7, 11) is 1.41. The molecule has 4 heteroatoms. The highest BCUT2D eigenvalue weighted by molar-refractivity contribution is 9.10. The van der Waals surface area contributed by atoms with E-state index in [-0.39, 0.29) is 5.56 Å². The van der Waals surface area contributed by atoms with Gasteiger partial charge in [-0.3, -0.25) is 0 Å². The Hall–Kier alpha value is -1.03. The third kappa shape index (κ3) is 1.76. The first-order chi connectivity index (χ1) is 5.65. The van der Waals surface area contributed by atoms with E-state index in [4.69, 9.17) is 4.74 Å². The Labute approximate surface area is 78.1 Å². The zero-order chi connectivity index (χ0) is 9.14. The highest BCUT2D eigenvalue weighted by Gasteiger charge is 2.03. The summed E-state index contributed by atoms with van der Waals surface area (Å²) >= 11 is 3.15. The number of benzene rings is 1. The third-order valence-electron chi connectivity index (χ3n) is 1.38. The zero-order valence-electron chi connectivity index (χ0n) is 6.33. The van der Waals surface area contributed by atoms with Crippen molar-refractivity contribution in [3.05, 3.63) is 28.2 Å². The van der Waals surface area contributed by atoms with Gasteiger partial charge in [-0.15, -0.1) is 0 Å². The summed E-state index contributed by atoms with van der Waals surface area (Å²) in [5.41, 5.74) is 0.0480. The predicted molar refractivity (Wildman–Crippen MR) is 45.0 cm³/mol. The van der Waals surface area contributed by atoms with E-state index in [9.17, 15) is 9.90 Å². The highest BCUT2D eigenvalue weighted by atomic mass is 79.9. The van der Waals surface area contributed by atoms with Crippen LogP contribution in [0, 0.1) is 0 Å². The van der Waals surface area contributed by atoms with Gasteiger partial charge in [0.25, 0.3) is 0 Å². The van der Waals surface area contributed by atoms with Crippen LogP contribution in [0.2, 0.25) is 0 Å². The minimum Gasteiger partial charge on any atom is -0.545 e. The van der Waals surface area contributed by atoms with Crippen LogP contribution in [0.5, 0.6) is 5.75 Å². The summed E-state index contributed by atoms with van der Waals surface area (Å²) in [6, 6.07) is 4.70. The Morgan fingerprint density at radius 2 is 2.25 bits per heavy atom. The molecule has 0 aliphatic carbocycles. The standard InChI is InChI=1S/C8H7BrO3/c1-12-7-3-2-5(9)4-6(7)8(10)11/h2-4H,1H3,(H,10,11)/p-1. The molecule has 1 rings (SSSR count). The Morgan fingerprint density at radius 1 is 1.58 bits per heavy atom. The lowest BCUT2D eigenvalue weighted by Gasteiger charge is -2.08. The lowest BCUT2D eigenvalue weighted by molar-refractivity contribution is -0.255. The molecule has 0 saturated heterocycles. The quantitative estimate of drug-likeness (QED) is 0.755. The molecule has 0 aliphatic rings. The molecular weight excluding hydrogens is 224 g/mol. The van der Waals surface area contributed by atoms with Gasteiger partial charge < -0.3 is 14.6 Å². The van der Waals surface area contributed by atoms with Crippen molar-refractivity contribution in [1.82, 2.24) is 0 Å². The molecule has 0 spiro atoms. The highest BCUT2D eigenvalue weighted by Crippen LogP contribution is 2.21. The largest absolute Gasteiger partial charge is 0.545 e. The summed E-state index contributed by atoms with van der Waals surface area (Å²) in [4.78, 5) is 10.5. The van der Waals surface area contributed by atoms with Crippen LogP contribution in [0.4, 0.5) is 0 Å². The van der Waals surface area contributed by atoms with Crippen LogP contribution in [0.1, 0.15) is 10.4 Å². The van der Waals surface area contributed by atoms with E-state index in [1.54, 1.807) is 12.1 Å². The maximum Gasteiger partial charge on any atom is 0.127 e. The monoisotopic (exact) mass is 229 g/mol. The van der Waals surface area contributed by atoms with Crippen molar-refractivity contribution in [3.63, 3.8) is 0 Å². The smallest absolute Gasteiger partial charge is 0.127 e. The van der Waals surface area contributed by atoms with Gasteiger partial charge in [0.05, 0.1) is 13.1 Å². The molecule has 0 aliphatic heterocycles. The molecule has 0 heterocycles. The van der Waals surface area contributed by atoms with Gasteiger partial charge in [0.2, 0.25) is 0 Å². The van der Waals surface area contributed by atoms with Gasteiger partial charge in [0.1, 0.15) is 5.75 Å². The first kappa shape index (κ1) is 9.06. The fraction of sp³-hybridized carbons (Fsp3) is 0.125. The van der Waals surface area contributed by atoms with Crippen LogP contribution < -0.4 is 9.84 Å². The van der Waals surface area contributed by atoms with Crippen molar-refractivity contribution in [1.29, 1.82) is 0 Å². The van der Waals surface area contributed by atoms with E-state index >= 15 is 0 Å². The predicted octanol–water partition coefficient (Wildman–Crippen LogP) is 0.821. The number of aromatic carboxylic acids is 1. The number of halogens is 1. The molecule has 0 fully saturated rings. The number of carbonyl (C=O) groups excluding carboxylic acids is 1. The molecule has 0 bridgehead atoms. The molecule has 1 aromatic carbocycles. The van der Waals surface area contributed by atoms with Crippen molar-refractivity contribution in [2.24, 2.45) is 0 Å². The van der Waals surface area contributed by atoms with Crippen molar-refractivity contribution in [2.45, 2.75) is 0 Å². The summed E-state index contributed by atoms with van der Waals surface area (Å²) in [5, 5.41) is 10.5. The average molecular weight is 230 g/mol. The molecule has 64 valence electrons. The molecule has 0 radical (unpaired) electrons. The molecule has 0 aromatic heterocycles. The van der Waals surface area contributed by atoms with Crippen molar-refractivity contribution >= 4 is 21.9 Å². The van der Waals surface area contributed by atoms with Crippen LogP contribution in [-0.2, 0) is 0 Å². The maximum absolute atomic E-state index is 10.5. The SMILES string of the molecule is COc1ccc(Br)cc1C(=O)[O-]. The summed E-state index contributed by atoms with van der Waals surface area (Å²) in [6.07, 6.45) is 0. The van der Waals surface area contributed by atoms with E-state index in [2.05, 4.69) is 15.9 Å². The topological polar surface area (TPSA) is 49.4 Å². The van der Waals surface area contributed by atoms with Gasteiger partial charge in [-0.25, -0.2) is 0 Å². The first-order valence-electron chi connectivity index (χ1n) is 3.20. The number of methoxy groups -OCH3 is 1. The van der Waals surface area contributed by atoms with Crippen LogP contribution in [0.3, 0.4) is 0 Å². The maximum atomic E-state index is 10.5. The second-order valence-electron chi connectivity index (χ2n) is 2.13. The molecular formula is C8H6BrO3-. The van der Waals surface area contributed by atoms with Crippen LogP contribution in [0.25, 0.3) is 0 Å². The molecule has 0 saturated carbocycles. The number of hydrogen-bond acceptors (Lipinski definition) is 3. The fourth-order valence-corrected chi connectivity index (χ4v) is 1.20. The van der Waals surface area contributed by atoms with E-state index in [0.29, 0.717) is 10.2 Å². The van der Waals surface area contributed by atoms with Crippen LogP contribution in [-0.4, -0.2) is 13.1 Å². The molecule has 0 amide bonds. The molecule has 0 unspecified atom stereocenters. The fourth-order valence-electron chi connectivity index (χ4n) is 0.840.